The van der Waals surface area contributed by atoms with Gasteiger partial charge in [-0.1, -0.05) is 26.0 Å². The molecule has 1 N–H and O–H groups in total. The summed E-state index contributed by atoms with van der Waals surface area (Å²) >= 11 is 0. The van der Waals surface area contributed by atoms with Gasteiger partial charge in [0.25, 0.3) is 5.91 Å². The van der Waals surface area contributed by atoms with E-state index in [1.165, 1.54) is 0 Å². The molecule has 0 unspecified atom stereocenters. The van der Waals surface area contributed by atoms with Gasteiger partial charge >= 0.3 is 0 Å². The fourth-order valence-electron chi connectivity index (χ4n) is 3.65. The van der Waals surface area contributed by atoms with Crippen LogP contribution in [0.3, 0.4) is 0 Å². The SMILES string of the molecule is Cc1ccc(C(C)C)c(O[C@H](C)C(=O)Nc2ccc(N3CCCC3=O)c(C)c2)c1. The second-order valence-corrected chi connectivity index (χ2v) is 8.10. The third-order valence-corrected chi connectivity index (χ3v) is 5.29. The highest BCUT2D eigenvalue weighted by atomic mass is 16.5. The van der Waals surface area contributed by atoms with E-state index in [1.807, 2.05) is 43.0 Å². The Morgan fingerprint density at radius 1 is 1.10 bits per heavy atom. The first-order chi connectivity index (χ1) is 13.8. The maximum Gasteiger partial charge on any atom is 0.265 e. The minimum atomic E-state index is -0.630. The number of benzene rings is 2. The van der Waals surface area contributed by atoms with E-state index in [9.17, 15) is 9.59 Å². The first kappa shape index (κ1) is 20.9. The van der Waals surface area contributed by atoms with Crippen LogP contribution in [0.1, 0.15) is 56.2 Å². The average Bonchev–Trinajstić information content (AvgIpc) is 3.07. The number of rotatable bonds is 6. The minimum absolute atomic E-state index is 0.158. The molecule has 154 valence electrons. The second-order valence-electron chi connectivity index (χ2n) is 8.10. The Bertz CT molecular complexity index is 920. The van der Waals surface area contributed by atoms with Gasteiger partial charge in [-0.15, -0.1) is 0 Å². The number of nitrogens with zero attached hydrogens (tertiary/aromatic N) is 1. The maximum atomic E-state index is 12.7. The molecule has 0 aromatic heterocycles. The van der Waals surface area contributed by atoms with Crippen LogP contribution in [0.4, 0.5) is 11.4 Å². The Morgan fingerprint density at radius 2 is 1.86 bits per heavy atom. The molecule has 0 aliphatic carbocycles. The van der Waals surface area contributed by atoms with Crippen molar-refractivity contribution in [2.24, 2.45) is 0 Å². The Hall–Kier alpha value is -2.82. The molecule has 1 fully saturated rings. The van der Waals surface area contributed by atoms with Gasteiger partial charge < -0.3 is 15.0 Å². The molecule has 0 radical (unpaired) electrons. The highest BCUT2D eigenvalue weighted by molar-refractivity contribution is 5.97. The lowest BCUT2D eigenvalue weighted by atomic mass is 10.0. The molecule has 1 atom stereocenters. The summed E-state index contributed by atoms with van der Waals surface area (Å²) in [5.74, 6) is 1.02. The molecule has 1 saturated heterocycles. The molecule has 3 rings (SSSR count). The fraction of sp³-hybridized carbons (Fsp3) is 0.417. The molecular weight excluding hydrogens is 364 g/mol. The van der Waals surface area contributed by atoms with Gasteiger partial charge in [0.2, 0.25) is 5.91 Å². The molecule has 29 heavy (non-hydrogen) atoms. The highest BCUT2D eigenvalue weighted by Gasteiger charge is 2.23. The summed E-state index contributed by atoms with van der Waals surface area (Å²) in [6.45, 7) is 10.7. The molecule has 5 heteroatoms. The summed E-state index contributed by atoms with van der Waals surface area (Å²) in [6, 6.07) is 11.7. The van der Waals surface area contributed by atoms with Crippen molar-refractivity contribution < 1.29 is 14.3 Å². The van der Waals surface area contributed by atoms with Crippen LogP contribution in [-0.4, -0.2) is 24.5 Å². The lowest BCUT2D eigenvalue weighted by Crippen LogP contribution is -2.30. The third kappa shape index (κ3) is 4.78. The Balaban J connectivity index is 1.69. The maximum absolute atomic E-state index is 12.7. The van der Waals surface area contributed by atoms with Gasteiger partial charge in [0.15, 0.2) is 6.10 Å². The van der Waals surface area contributed by atoms with Gasteiger partial charge in [-0.05, 0) is 74.1 Å². The smallest absolute Gasteiger partial charge is 0.265 e. The van der Waals surface area contributed by atoms with Gasteiger partial charge in [-0.2, -0.15) is 0 Å². The number of amides is 2. The second kappa shape index (κ2) is 8.68. The molecule has 0 spiro atoms. The lowest BCUT2D eigenvalue weighted by molar-refractivity contribution is -0.122. The molecular formula is C24H30N2O3. The van der Waals surface area contributed by atoms with Gasteiger partial charge in [0.05, 0.1) is 0 Å². The van der Waals surface area contributed by atoms with Gasteiger partial charge in [-0.25, -0.2) is 0 Å². The molecule has 2 aromatic carbocycles. The number of hydrogen-bond donors (Lipinski definition) is 1. The summed E-state index contributed by atoms with van der Waals surface area (Å²) in [5, 5.41) is 2.93. The topological polar surface area (TPSA) is 58.6 Å². The molecule has 0 bridgehead atoms. The van der Waals surface area contributed by atoms with E-state index in [2.05, 4.69) is 31.3 Å². The van der Waals surface area contributed by atoms with Crippen molar-refractivity contribution in [3.63, 3.8) is 0 Å². The van der Waals surface area contributed by atoms with Gasteiger partial charge in [0.1, 0.15) is 5.75 Å². The van der Waals surface area contributed by atoms with Crippen LogP contribution in [-0.2, 0) is 9.59 Å². The van der Waals surface area contributed by atoms with Crippen molar-refractivity contribution >= 4 is 23.2 Å². The highest BCUT2D eigenvalue weighted by Crippen LogP contribution is 2.29. The number of nitrogens with one attached hydrogen (secondary N) is 1. The predicted molar refractivity (Wildman–Crippen MR) is 117 cm³/mol. The first-order valence-electron chi connectivity index (χ1n) is 10.3. The molecule has 2 aromatic rings. The summed E-state index contributed by atoms with van der Waals surface area (Å²) in [5.41, 5.74) is 4.76. The van der Waals surface area contributed by atoms with Crippen molar-refractivity contribution in [1.82, 2.24) is 0 Å². The first-order valence-corrected chi connectivity index (χ1v) is 10.3. The molecule has 1 aliphatic heterocycles. The van der Waals surface area contributed by atoms with E-state index in [0.717, 1.165) is 41.1 Å². The van der Waals surface area contributed by atoms with Crippen LogP contribution >= 0.6 is 0 Å². The molecule has 0 saturated carbocycles. The van der Waals surface area contributed by atoms with E-state index < -0.39 is 6.10 Å². The van der Waals surface area contributed by atoms with Crippen LogP contribution in [0.15, 0.2) is 36.4 Å². The Labute approximate surface area is 173 Å². The van der Waals surface area contributed by atoms with E-state index in [4.69, 9.17) is 4.74 Å². The number of ether oxygens (including phenoxy) is 1. The number of carbonyl (C=O) groups excluding carboxylic acids is 2. The van der Waals surface area contributed by atoms with Crippen molar-refractivity contribution in [3.05, 3.63) is 53.1 Å². The normalized spacial score (nSPS) is 15.0. The minimum Gasteiger partial charge on any atom is -0.481 e. The standard InChI is InChI=1S/C24H30N2O3/c1-15(2)20-10-8-16(3)13-22(20)29-18(5)24(28)25-19-9-11-21(17(4)14-19)26-12-6-7-23(26)27/h8-11,13-15,18H,6-7,12H2,1-5H3,(H,25,28)/t18-/m1/s1. The number of hydrogen-bond acceptors (Lipinski definition) is 3. The zero-order valence-corrected chi connectivity index (χ0v) is 17.9. The molecule has 1 heterocycles. The van der Waals surface area contributed by atoms with Crippen LogP contribution in [0.5, 0.6) is 5.75 Å². The Morgan fingerprint density at radius 3 is 2.48 bits per heavy atom. The van der Waals surface area contributed by atoms with Crippen molar-refractivity contribution in [2.75, 3.05) is 16.8 Å². The Kier molecular flexibility index (Phi) is 6.26. The lowest BCUT2D eigenvalue weighted by Gasteiger charge is -2.21. The number of carbonyl (C=O) groups is 2. The largest absolute Gasteiger partial charge is 0.481 e. The zero-order valence-electron chi connectivity index (χ0n) is 17.9. The quantitative estimate of drug-likeness (QED) is 0.753. The monoisotopic (exact) mass is 394 g/mol. The van der Waals surface area contributed by atoms with Crippen LogP contribution in [0.25, 0.3) is 0 Å². The number of aryl methyl sites for hydroxylation is 2. The number of anilines is 2. The third-order valence-electron chi connectivity index (χ3n) is 5.29. The summed E-state index contributed by atoms with van der Waals surface area (Å²) in [6.07, 6.45) is 0.863. The molecule has 5 nitrogen and oxygen atoms in total. The average molecular weight is 395 g/mol. The van der Waals surface area contributed by atoms with Gasteiger partial charge in [0, 0.05) is 24.3 Å². The van der Waals surface area contributed by atoms with Crippen LogP contribution in [0.2, 0.25) is 0 Å². The zero-order chi connectivity index (χ0) is 21.1. The van der Waals surface area contributed by atoms with Crippen molar-refractivity contribution in [1.29, 1.82) is 0 Å². The summed E-state index contributed by atoms with van der Waals surface area (Å²) < 4.78 is 6.01. The summed E-state index contributed by atoms with van der Waals surface area (Å²) in [7, 11) is 0. The van der Waals surface area contributed by atoms with Crippen molar-refractivity contribution in [3.8, 4) is 5.75 Å². The van der Waals surface area contributed by atoms with E-state index in [-0.39, 0.29) is 11.8 Å². The van der Waals surface area contributed by atoms with Crippen molar-refractivity contribution in [2.45, 2.75) is 59.5 Å². The predicted octanol–water partition coefficient (Wildman–Crippen LogP) is 4.96. The van der Waals surface area contributed by atoms with E-state index in [0.29, 0.717) is 18.0 Å². The van der Waals surface area contributed by atoms with Gasteiger partial charge in [-0.3, -0.25) is 9.59 Å². The molecule has 2 amide bonds. The van der Waals surface area contributed by atoms with Crippen LogP contribution < -0.4 is 15.0 Å². The summed E-state index contributed by atoms with van der Waals surface area (Å²) in [4.78, 5) is 26.5. The van der Waals surface area contributed by atoms with Crippen LogP contribution in [0, 0.1) is 13.8 Å². The van der Waals surface area contributed by atoms with E-state index >= 15 is 0 Å². The fourth-order valence-corrected chi connectivity index (χ4v) is 3.65. The molecule has 1 aliphatic rings. The van der Waals surface area contributed by atoms with E-state index in [1.54, 1.807) is 6.92 Å².